The topological polar surface area (TPSA) is 107 Å². The molecule has 7 nitrogen and oxygen atoms in total. The third kappa shape index (κ3) is 3.61. The highest BCUT2D eigenvalue weighted by Gasteiger charge is 2.32. The van der Waals surface area contributed by atoms with Crippen LogP contribution in [0, 0.1) is 11.7 Å². The van der Waals surface area contributed by atoms with Gasteiger partial charge in [-0.25, -0.2) is 4.39 Å². The van der Waals surface area contributed by atoms with Gasteiger partial charge in [0.1, 0.15) is 0 Å². The van der Waals surface area contributed by atoms with Gasteiger partial charge in [-0.15, -0.1) is 0 Å². The van der Waals surface area contributed by atoms with Crippen LogP contribution in [0.5, 0.6) is 5.75 Å². The fourth-order valence-electron chi connectivity index (χ4n) is 2.15. The van der Waals surface area contributed by atoms with Gasteiger partial charge in [0, 0.05) is 19.2 Å². The molecule has 1 heterocycles. The number of piperidine rings is 1. The molecule has 1 aliphatic rings. The Morgan fingerprint density at radius 3 is 2.76 bits per heavy atom. The predicted octanol–water partition coefficient (Wildman–Crippen LogP) is 0.985. The van der Waals surface area contributed by atoms with E-state index in [2.05, 4.69) is 4.72 Å². The Balaban J connectivity index is 2.14. The number of phenols is 1. The summed E-state index contributed by atoms with van der Waals surface area (Å²) in [5.41, 5.74) is -0.0391. The fourth-order valence-corrected chi connectivity index (χ4v) is 3.45. The van der Waals surface area contributed by atoms with E-state index in [0.29, 0.717) is 12.8 Å². The number of phenolic OH excluding ortho intramolecular Hbond substituents is 1. The number of hydrogen-bond donors (Lipinski definition) is 3. The summed E-state index contributed by atoms with van der Waals surface area (Å²) >= 11 is 0. The number of nitrogens with one attached hydrogen (secondary N) is 1. The van der Waals surface area contributed by atoms with Crippen molar-refractivity contribution >= 4 is 21.9 Å². The molecule has 1 aliphatic heterocycles. The van der Waals surface area contributed by atoms with Crippen molar-refractivity contribution in [2.45, 2.75) is 12.8 Å². The summed E-state index contributed by atoms with van der Waals surface area (Å²) in [5.74, 6) is -3.31. The summed E-state index contributed by atoms with van der Waals surface area (Å²) in [4.78, 5) is 10.9. The van der Waals surface area contributed by atoms with Crippen molar-refractivity contribution in [1.82, 2.24) is 4.31 Å². The van der Waals surface area contributed by atoms with Crippen molar-refractivity contribution in [2.75, 3.05) is 17.8 Å². The standard InChI is InChI=1S/C12H15FN2O5S/c13-10-6-9(3-4-11(10)16)14-21(19,20)15-5-1-2-8(7-15)12(17)18/h3-4,6,8,14,16H,1-2,5,7H2,(H,17,18). The van der Waals surface area contributed by atoms with E-state index >= 15 is 0 Å². The normalized spacial score (nSPS) is 20.1. The molecule has 1 saturated heterocycles. The zero-order chi connectivity index (χ0) is 15.6. The zero-order valence-corrected chi connectivity index (χ0v) is 11.8. The quantitative estimate of drug-likeness (QED) is 0.718. The van der Waals surface area contributed by atoms with E-state index in [9.17, 15) is 17.6 Å². The van der Waals surface area contributed by atoms with Gasteiger partial charge in [0.15, 0.2) is 11.6 Å². The first kappa shape index (κ1) is 15.5. The van der Waals surface area contributed by atoms with Crippen LogP contribution in [0.25, 0.3) is 0 Å². The molecule has 0 amide bonds. The van der Waals surface area contributed by atoms with Crippen LogP contribution in [-0.4, -0.2) is 42.0 Å². The largest absolute Gasteiger partial charge is 0.505 e. The van der Waals surface area contributed by atoms with Gasteiger partial charge in [-0.05, 0) is 25.0 Å². The Kier molecular flexibility index (Phi) is 4.33. The van der Waals surface area contributed by atoms with E-state index in [1.165, 1.54) is 6.07 Å². The van der Waals surface area contributed by atoms with Crippen LogP contribution >= 0.6 is 0 Å². The number of anilines is 1. The zero-order valence-electron chi connectivity index (χ0n) is 11.0. The average Bonchev–Trinajstić information content (AvgIpc) is 2.43. The third-order valence-corrected chi connectivity index (χ3v) is 4.77. The summed E-state index contributed by atoms with van der Waals surface area (Å²) in [6.07, 6.45) is 0.872. The maximum atomic E-state index is 13.2. The minimum atomic E-state index is -3.96. The van der Waals surface area contributed by atoms with Crippen LogP contribution in [-0.2, 0) is 15.0 Å². The molecule has 0 aromatic heterocycles. The highest BCUT2D eigenvalue weighted by Crippen LogP contribution is 2.23. The first-order valence-electron chi connectivity index (χ1n) is 6.29. The monoisotopic (exact) mass is 318 g/mol. The molecule has 1 fully saturated rings. The third-order valence-electron chi connectivity index (χ3n) is 3.27. The summed E-state index contributed by atoms with van der Waals surface area (Å²) in [6, 6.07) is 3.10. The second-order valence-electron chi connectivity index (χ2n) is 4.81. The van der Waals surface area contributed by atoms with Crippen LogP contribution in [0.1, 0.15) is 12.8 Å². The molecule has 21 heavy (non-hydrogen) atoms. The highest BCUT2D eigenvalue weighted by molar-refractivity contribution is 7.90. The smallest absolute Gasteiger partial charge is 0.307 e. The van der Waals surface area contributed by atoms with Crippen LogP contribution in [0.3, 0.4) is 0 Å². The lowest BCUT2D eigenvalue weighted by Crippen LogP contribution is -2.44. The molecule has 0 radical (unpaired) electrons. The Morgan fingerprint density at radius 1 is 1.43 bits per heavy atom. The van der Waals surface area contributed by atoms with E-state index in [1.54, 1.807) is 0 Å². The lowest BCUT2D eigenvalue weighted by molar-refractivity contribution is -0.142. The van der Waals surface area contributed by atoms with Gasteiger partial charge < -0.3 is 10.2 Å². The number of carboxylic acids is 1. The maximum absolute atomic E-state index is 13.2. The molecule has 9 heteroatoms. The SMILES string of the molecule is O=C(O)C1CCCN(S(=O)(=O)Nc2ccc(O)c(F)c2)C1. The van der Waals surface area contributed by atoms with Gasteiger partial charge in [-0.2, -0.15) is 12.7 Å². The average molecular weight is 318 g/mol. The Bertz CT molecular complexity index is 649. The number of benzene rings is 1. The van der Waals surface area contributed by atoms with Gasteiger partial charge in [0.25, 0.3) is 0 Å². The number of aromatic hydroxyl groups is 1. The summed E-state index contributed by atoms with van der Waals surface area (Å²) in [6.45, 7) is 0.0882. The van der Waals surface area contributed by atoms with Crippen molar-refractivity contribution in [3.8, 4) is 5.75 Å². The predicted molar refractivity (Wildman–Crippen MR) is 72.5 cm³/mol. The Morgan fingerprint density at radius 2 is 2.14 bits per heavy atom. The molecule has 0 aliphatic carbocycles. The van der Waals surface area contributed by atoms with Gasteiger partial charge in [0.2, 0.25) is 0 Å². The summed E-state index contributed by atoms with van der Waals surface area (Å²) < 4.78 is 40.7. The molecular formula is C12H15FN2O5S. The molecule has 116 valence electrons. The molecule has 0 spiro atoms. The van der Waals surface area contributed by atoms with E-state index in [-0.39, 0.29) is 18.8 Å². The minimum absolute atomic E-state index is 0.0391. The maximum Gasteiger partial charge on any atom is 0.307 e. The van der Waals surface area contributed by atoms with E-state index in [4.69, 9.17) is 10.2 Å². The molecule has 1 aromatic carbocycles. The minimum Gasteiger partial charge on any atom is -0.505 e. The van der Waals surface area contributed by atoms with Crippen molar-refractivity contribution in [1.29, 1.82) is 0 Å². The van der Waals surface area contributed by atoms with Gasteiger partial charge in [-0.3, -0.25) is 9.52 Å². The first-order chi connectivity index (χ1) is 9.79. The molecule has 1 aromatic rings. The van der Waals surface area contributed by atoms with Crippen LogP contribution in [0.2, 0.25) is 0 Å². The van der Waals surface area contributed by atoms with Crippen molar-refractivity contribution in [2.24, 2.45) is 5.92 Å². The van der Waals surface area contributed by atoms with E-state index in [1.807, 2.05) is 0 Å². The molecule has 0 saturated carbocycles. The highest BCUT2D eigenvalue weighted by atomic mass is 32.2. The first-order valence-corrected chi connectivity index (χ1v) is 7.73. The molecule has 2 rings (SSSR count). The number of carbonyl (C=O) groups is 1. The van der Waals surface area contributed by atoms with Gasteiger partial charge in [0.05, 0.1) is 11.6 Å². The van der Waals surface area contributed by atoms with Crippen molar-refractivity contribution in [3.63, 3.8) is 0 Å². The number of nitrogens with zero attached hydrogens (tertiary/aromatic N) is 1. The van der Waals surface area contributed by atoms with Gasteiger partial charge in [-0.1, -0.05) is 0 Å². The second kappa shape index (κ2) is 5.86. The molecule has 1 unspecified atom stereocenters. The number of hydrogen-bond acceptors (Lipinski definition) is 4. The van der Waals surface area contributed by atoms with Crippen molar-refractivity contribution in [3.05, 3.63) is 24.0 Å². The number of halogens is 1. The van der Waals surface area contributed by atoms with Crippen molar-refractivity contribution < 1.29 is 27.8 Å². The number of rotatable bonds is 4. The summed E-state index contributed by atoms with van der Waals surface area (Å²) in [7, 11) is -3.96. The lowest BCUT2D eigenvalue weighted by atomic mass is 10.0. The molecular weight excluding hydrogens is 303 g/mol. The number of carboxylic acid groups (broad SMARTS) is 1. The van der Waals surface area contributed by atoms with Gasteiger partial charge >= 0.3 is 16.2 Å². The number of aliphatic carboxylic acids is 1. The van der Waals surface area contributed by atoms with Crippen LogP contribution in [0.4, 0.5) is 10.1 Å². The van der Waals surface area contributed by atoms with E-state index < -0.39 is 33.7 Å². The summed E-state index contributed by atoms with van der Waals surface area (Å²) in [5, 5.41) is 18.0. The van der Waals surface area contributed by atoms with Crippen LogP contribution in [0.15, 0.2) is 18.2 Å². The second-order valence-corrected chi connectivity index (χ2v) is 6.48. The molecule has 1 atom stereocenters. The van der Waals surface area contributed by atoms with E-state index in [0.717, 1.165) is 16.4 Å². The fraction of sp³-hybridized carbons (Fsp3) is 0.417. The Labute approximate surface area is 121 Å². The Hall–Kier alpha value is -1.87. The molecule has 0 bridgehead atoms. The lowest BCUT2D eigenvalue weighted by Gasteiger charge is -2.29. The van der Waals surface area contributed by atoms with Crippen LogP contribution < -0.4 is 4.72 Å². The molecule has 3 N–H and O–H groups in total.